The van der Waals surface area contributed by atoms with Crippen molar-refractivity contribution in [3.63, 3.8) is 0 Å². The highest BCUT2D eigenvalue weighted by Gasteiger charge is 2.63. The summed E-state index contributed by atoms with van der Waals surface area (Å²) in [5, 5.41) is 0. The standard InChI is InChI=1S/C21H36O2/c1-12-8-14(10-20(6)17(12)22-20)16(19(3,4)5)15-9-13(2)18-21(7,11-15)23-18/h12-18H,8-11H2,1-7H3. The molecule has 4 rings (SSSR count). The summed E-state index contributed by atoms with van der Waals surface area (Å²) in [6.45, 7) is 16.9. The molecule has 4 aliphatic rings. The molecule has 132 valence electrons. The van der Waals surface area contributed by atoms with Crippen LogP contribution in [0.4, 0.5) is 0 Å². The van der Waals surface area contributed by atoms with Crippen molar-refractivity contribution in [3.8, 4) is 0 Å². The van der Waals surface area contributed by atoms with Gasteiger partial charge in [-0.15, -0.1) is 0 Å². The van der Waals surface area contributed by atoms with Crippen LogP contribution in [0.3, 0.4) is 0 Å². The van der Waals surface area contributed by atoms with Crippen molar-refractivity contribution in [2.75, 3.05) is 0 Å². The van der Waals surface area contributed by atoms with Crippen LogP contribution in [0.1, 0.15) is 74.1 Å². The summed E-state index contributed by atoms with van der Waals surface area (Å²) in [5.41, 5.74) is 0.744. The monoisotopic (exact) mass is 320 g/mol. The SMILES string of the molecule is CC1CC(C(C2CC(C)C3OC3(C)C2)C(C)(C)C)CC2(C)OC12. The molecule has 0 bridgehead atoms. The van der Waals surface area contributed by atoms with E-state index in [0.717, 1.165) is 29.6 Å². The zero-order chi connectivity index (χ0) is 16.8. The minimum Gasteiger partial charge on any atom is -0.366 e. The van der Waals surface area contributed by atoms with E-state index in [2.05, 4.69) is 48.5 Å². The van der Waals surface area contributed by atoms with Gasteiger partial charge in [-0.2, -0.15) is 0 Å². The summed E-state index contributed by atoms with van der Waals surface area (Å²) in [5.74, 6) is 3.86. The summed E-state index contributed by atoms with van der Waals surface area (Å²) < 4.78 is 12.2. The Kier molecular flexibility index (Phi) is 3.39. The van der Waals surface area contributed by atoms with Crippen molar-refractivity contribution in [2.45, 2.75) is 97.6 Å². The summed E-state index contributed by atoms with van der Waals surface area (Å²) in [6.07, 6.45) is 6.34. The van der Waals surface area contributed by atoms with Gasteiger partial charge < -0.3 is 9.47 Å². The molecule has 2 nitrogen and oxygen atoms in total. The van der Waals surface area contributed by atoms with E-state index >= 15 is 0 Å². The topological polar surface area (TPSA) is 25.1 Å². The van der Waals surface area contributed by atoms with Crippen molar-refractivity contribution in [3.05, 3.63) is 0 Å². The second kappa shape index (κ2) is 4.75. The number of ether oxygens (including phenoxy) is 2. The van der Waals surface area contributed by atoms with Gasteiger partial charge in [0.15, 0.2) is 0 Å². The third kappa shape index (κ3) is 2.59. The average Bonchev–Trinajstić information content (AvgIpc) is 3.22. The number of hydrogen-bond donors (Lipinski definition) is 0. The first kappa shape index (κ1) is 16.4. The first-order chi connectivity index (χ1) is 10.5. The highest BCUT2D eigenvalue weighted by molar-refractivity contribution is 5.12. The maximum Gasteiger partial charge on any atom is 0.0926 e. The van der Waals surface area contributed by atoms with Crippen LogP contribution in [0.25, 0.3) is 0 Å². The molecule has 0 aromatic heterocycles. The Balaban J connectivity index is 1.58. The van der Waals surface area contributed by atoms with Gasteiger partial charge in [0.25, 0.3) is 0 Å². The fourth-order valence-electron chi connectivity index (χ4n) is 7.03. The largest absolute Gasteiger partial charge is 0.366 e. The molecule has 8 atom stereocenters. The molecule has 2 heterocycles. The number of epoxide rings is 2. The summed E-state index contributed by atoms with van der Waals surface area (Å²) in [7, 11) is 0. The van der Waals surface area contributed by atoms with Gasteiger partial charge in [-0.1, -0.05) is 34.6 Å². The van der Waals surface area contributed by atoms with Crippen LogP contribution < -0.4 is 0 Å². The van der Waals surface area contributed by atoms with Gasteiger partial charge >= 0.3 is 0 Å². The Morgan fingerprint density at radius 2 is 1.22 bits per heavy atom. The molecule has 0 N–H and O–H groups in total. The van der Waals surface area contributed by atoms with Crippen molar-refractivity contribution in [2.24, 2.45) is 35.0 Å². The molecule has 0 radical (unpaired) electrons. The summed E-state index contributed by atoms with van der Waals surface area (Å²) in [4.78, 5) is 0. The maximum atomic E-state index is 6.10. The van der Waals surface area contributed by atoms with Crippen molar-refractivity contribution in [1.29, 1.82) is 0 Å². The van der Waals surface area contributed by atoms with Crippen LogP contribution in [0.15, 0.2) is 0 Å². The second-order valence-corrected chi connectivity index (χ2v) is 10.9. The lowest BCUT2D eigenvalue weighted by Gasteiger charge is -2.47. The Labute approximate surface area is 142 Å². The van der Waals surface area contributed by atoms with Crippen LogP contribution in [0.2, 0.25) is 0 Å². The predicted octanol–water partition coefficient (Wildman–Crippen LogP) is 5.06. The molecule has 2 aliphatic heterocycles. The highest BCUT2D eigenvalue weighted by Crippen LogP contribution is 2.61. The lowest BCUT2D eigenvalue weighted by Crippen LogP contribution is -2.44. The zero-order valence-electron chi connectivity index (χ0n) is 16.2. The Morgan fingerprint density at radius 1 is 0.826 bits per heavy atom. The third-order valence-corrected chi connectivity index (χ3v) is 7.62. The smallest absolute Gasteiger partial charge is 0.0926 e. The van der Waals surface area contributed by atoms with Gasteiger partial charge in [0.1, 0.15) is 0 Å². The van der Waals surface area contributed by atoms with Crippen molar-refractivity contribution < 1.29 is 9.47 Å². The van der Waals surface area contributed by atoms with Gasteiger partial charge in [-0.25, -0.2) is 0 Å². The van der Waals surface area contributed by atoms with E-state index in [1.165, 1.54) is 25.7 Å². The first-order valence-electron chi connectivity index (χ1n) is 9.89. The summed E-state index contributed by atoms with van der Waals surface area (Å²) in [6, 6.07) is 0. The Bertz CT molecular complexity index is 457. The molecule has 4 fully saturated rings. The molecule has 2 saturated heterocycles. The number of hydrogen-bond acceptors (Lipinski definition) is 2. The molecule has 2 heteroatoms. The van der Waals surface area contributed by atoms with Crippen LogP contribution in [0, 0.1) is 35.0 Å². The van der Waals surface area contributed by atoms with E-state index in [9.17, 15) is 0 Å². The zero-order valence-corrected chi connectivity index (χ0v) is 16.2. The second-order valence-electron chi connectivity index (χ2n) is 10.9. The van der Waals surface area contributed by atoms with Gasteiger partial charge in [-0.3, -0.25) is 0 Å². The third-order valence-electron chi connectivity index (χ3n) is 7.62. The molecular weight excluding hydrogens is 284 g/mol. The van der Waals surface area contributed by atoms with Crippen molar-refractivity contribution >= 4 is 0 Å². The normalized spacial score (nSPS) is 56.5. The van der Waals surface area contributed by atoms with Crippen LogP contribution in [0.5, 0.6) is 0 Å². The van der Waals surface area contributed by atoms with Crippen LogP contribution >= 0.6 is 0 Å². The van der Waals surface area contributed by atoms with E-state index in [1.54, 1.807) is 0 Å². The van der Waals surface area contributed by atoms with E-state index < -0.39 is 0 Å². The minimum atomic E-state index is 0.189. The molecular formula is C21H36O2. The molecule has 0 aromatic rings. The quantitative estimate of drug-likeness (QED) is 0.665. The van der Waals surface area contributed by atoms with Crippen LogP contribution in [-0.4, -0.2) is 23.4 Å². The number of rotatable bonds is 2. The lowest BCUT2D eigenvalue weighted by molar-refractivity contribution is 0.0241. The number of fused-ring (bicyclic) bond motifs is 2. The van der Waals surface area contributed by atoms with E-state index in [0.29, 0.717) is 17.6 Å². The molecule has 0 aromatic carbocycles. The van der Waals surface area contributed by atoms with Gasteiger partial charge in [-0.05, 0) is 74.5 Å². The van der Waals surface area contributed by atoms with Gasteiger partial charge in [0.2, 0.25) is 0 Å². The molecule has 2 saturated carbocycles. The van der Waals surface area contributed by atoms with Gasteiger partial charge in [0, 0.05) is 0 Å². The molecule has 8 unspecified atom stereocenters. The molecule has 0 amide bonds. The van der Waals surface area contributed by atoms with Crippen LogP contribution in [-0.2, 0) is 9.47 Å². The van der Waals surface area contributed by atoms with Gasteiger partial charge in [0.05, 0.1) is 23.4 Å². The fraction of sp³-hybridized carbons (Fsp3) is 1.00. The molecule has 2 aliphatic carbocycles. The Hall–Kier alpha value is -0.0800. The summed E-state index contributed by atoms with van der Waals surface area (Å²) >= 11 is 0. The van der Waals surface area contributed by atoms with E-state index in [-0.39, 0.29) is 11.2 Å². The minimum absolute atomic E-state index is 0.189. The molecule has 23 heavy (non-hydrogen) atoms. The van der Waals surface area contributed by atoms with Crippen molar-refractivity contribution in [1.82, 2.24) is 0 Å². The average molecular weight is 321 g/mol. The first-order valence-corrected chi connectivity index (χ1v) is 9.89. The highest BCUT2D eigenvalue weighted by atomic mass is 16.6. The van der Waals surface area contributed by atoms with E-state index in [1.807, 2.05) is 0 Å². The maximum absolute atomic E-state index is 6.10. The predicted molar refractivity (Wildman–Crippen MR) is 93.3 cm³/mol. The fourth-order valence-corrected chi connectivity index (χ4v) is 7.03. The molecule has 0 spiro atoms. The van der Waals surface area contributed by atoms with E-state index in [4.69, 9.17) is 9.47 Å². The Morgan fingerprint density at radius 3 is 1.52 bits per heavy atom. The lowest BCUT2D eigenvalue weighted by atomic mass is 9.56.